The number of hydrogen-bond donors (Lipinski definition) is 2. The number of nitrogens with one attached hydrogen (secondary N) is 2. The molecule has 0 saturated carbocycles. The fourth-order valence-electron chi connectivity index (χ4n) is 2.34. The van der Waals surface area contributed by atoms with Crippen molar-refractivity contribution in [2.24, 2.45) is 0 Å². The third-order valence-corrected chi connectivity index (χ3v) is 3.83. The summed E-state index contributed by atoms with van der Waals surface area (Å²) in [6.07, 6.45) is 1.94. The summed E-state index contributed by atoms with van der Waals surface area (Å²) in [5.41, 5.74) is 0.598. The maximum absolute atomic E-state index is 12.2. The number of likely N-dealkylation sites (tertiary alicyclic amines) is 1. The molecule has 2 amide bonds. The number of carbonyl (C=O) groups excluding carboxylic acids is 1. The Morgan fingerprint density at radius 2 is 2.10 bits per heavy atom. The molecule has 0 radical (unpaired) electrons. The second-order valence-corrected chi connectivity index (χ2v) is 5.26. The lowest BCUT2D eigenvalue weighted by Crippen LogP contribution is -2.45. The quantitative estimate of drug-likeness (QED) is 0.901. The van der Waals surface area contributed by atoms with Crippen LogP contribution in [0.2, 0.25) is 5.02 Å². The number of nitrogens with zero attached hydrogens (tertiary/aromatic N) is 1. The molecule has 0 unspecified atom stereocenters. The number of ether oxygens (including phenoxy) is 1. The van der Waals surface area contributed by atoms with Gasteiger partial charge in [0.05, 0.1) is 12.8 Å². The average molecular weight is 298 g/mol. The standard InChI is InChI=1S/C14H20ClN3O2/c1-16-11-5-7-18(8-6-11)14(19)17-12-9-10(15)3-4-13(12)20-2/h3-4,9,11,16H,5-8H2,1-2H3,(H,17,19). The van der Waals surface area contributed by atoms with Crippen molar-refractivity contribution in [3.05, 3.63) is 23.2 Å². The van der Waals surface area contributed by atoms with E-state index < -0.39 is 0 Å². The number of halogens is 1. The van der Waals surface area contributed by atoms with Gasteiger partial charge in [-0.2, -0.15) is 0 Å². The van der Waals surface area contributed by atoms with Crippen molar-refractivity contribution in [3.63, 3.8) is 0 Å². The Hall–Kier alpha value is -1.46. The number of amides is 2. The largest absolute Gasteiger partial charge is 0.495 e. The molecule has 0 spiro atoms. The Bertz CT molecular complexity index is 473. The zero-order valence-corrected chi connectivity index (χ0v) is 12.5. The highest BCUT2D eigenvalue weighted by Gasteiger charge is 2.22. The molecule has 20 heavy (non-hydrogen) atoms. The summed E-state index contributed by atoms with van der Waals surface area (Å²) in [5, 5.41) is 6.67. The lowest BCUT2D eigenvalue weighted by Gasteiger charge is -2.31. The van der Waals surface area contributed by atoms with E-state index in [4.69, 9.17) is 16.3 Å². The molecule has 2 rings (SSSR count). The molecule has 2 N–H and O–H groups in total. The molecule has 0 aliphatic carbocycles. The van der Waals surface area contributed by atoms with Gasteiger partial charge in [0.25, 0.3) is 0 Å². The van der Waals surface area contributed by atoms with Crippen molar-refractivity contribution < 1.29 is 9.53 Å². The number of methoxy groups -OCH3 is 1. The van der Waals surface area contributed by atoms with Crippen molar-refractivity contribution >= 4 is 23.3 Å². The van der Waals surface area contributed by atoms with Crippen LogP contribution in [0.4, 0.5) is 10.5 Å². The predicted octanol–water partition coefficient (Wildman–Crippen LogP) is 2.56. The Morgan fingerprint density at radius 3 is 2.70 bits per heavy atom. The van der Waals surface area contributed by atoms with Crippen LogP contribution in [0.15, 0.2) is 18.2 Å². The molecule has 1 aromatic carbocycles. The molecule has 1 aliphatic rings. The van der Waals surface area contributed by atoms with Gasteiger partial charge in [-0.25, -0.2) is 4.79 Å². The maximum atomic E-state index is 12.2. The van der Waals surface area contributed by atoms with E-state index in [9.17, 15) is 4.79 Å². The van der Waals surface area contributed by atoms with Gasteiger partial charge in [0.15, 0.2) is 0 Å². The van der Waals surface area contributed by atoms with Gasteiger partial charge in [-0.3, -0.25) is 0 Å². The van der Waals surface area contributed by atoms with Gasteiger partial charge in [0, 0.05) is 24.2 Å². The van der Waals surface area contributed by atoms with Crippen LogP contribution in [-0.2, 0) is 0 Å². The van der Waals surface area contributed by atoms with E-state index in [0.717, 1.165) is 25.9 Å². The van der Waals surface area contributed by atoms with Crippen LogP contribution in [0.1, 0.15) is 12.8 Å². The lowest BCUT2D eigenvalue weighted by atomic mass is 10.1. The highest BCUT2D eigenvalue weighted by atomic mass is 35.5. The number of anilines is 1. The second-order valence-electron chi connectivity index (χ2n) is 4.82. The van der Waals surface area contributed by atoms with Crippen LogP contribution in [0.5, 0.6) is 5.75 Å². The number of urea groups is 1. The second kappa shape index (κ2) is 6.81. The van der Waals surface area contributed by atoms with Crippen LogP contribution >= 0.6 is 11.6 Å². The number of carbonyl (C=O) groups is 1. The van der Waals surface area contributed by atoms with Crippen LogP contribution in [-0.4, -0.2) is 44.2 Å². The first-order chi connectivity index (χ1) is 9.63. The van der Waals surface area contributed by atoms with Crippen molar-refractivity contribution in [1.82, 2.24) is 10.2 Å². The molecule has 1 heterocycles. The summed E-state index contributed by atoms with van der Waals surface area (Å²) < 4.78 is 5.22. The monoisotopic (exact) mass is 297 g/mol. The summed E-state index contributed by atoms with van der Waals surface area (Å²) in [6.45, 7) is 1.50. The zero-order chi connectivity index (χ0) is 14.5. The molecule has 6 heteroatoms. The fourth-order valence-corrected chi connectivity index (χ4v) is 2.52. The van der Waals surface area contributed by atoms with Crippen molar-refractivity contribution in [2.75, 3.05) is 32.6 Å². The van der Waals surface area contributed by atoms with Gasteiger partial charge in [0.1, 0.15) is 5.75 Å². The minimum Gasteiger partial charge on any atom is -0.495 e. The van der Waals surface area contributed by atoms with Crippen molar-refractivity contribution in [1.29, 1.82) is 0 Å². The van der Waals surface area contributed by atoms with E-state index in [-0.39, 0.29) is 6.03 Å². The van der Waals surface area contributed by atoms with E-state index in [1.165, 1.54) is 0 Å². The Balaban J connectivity index is 1.99. The van der Waals surface area contributed by atoms with Crippen molar-refractivity contribution in [3.8, 4) is 5.75 Å². The van der Waals surface area contributed by atoms with E-state index >= 15 is 0 Å². The Kier molecular flexibility index (Phi) is 5.09. The van der Waals surface area contributed by atoms with Gasteiger partial charge in [-0.05, 0) is 38.1 Å². The summed E-state index contributed by atoms with van der Waals surface area (Å²) in [6, 6.07) is 5.55. The minimum absolute atomic E-state index is 0.111. The van der Waals surface area contributed by atoms with Crippen LogP contribution < -0.4 is 15.4 Å². The zero-order valence-electron chi connectivity index (χ0n) is 11.8. The number of benzene rings is 1. The smallest absolute Gasteiger partial charge is 0.321 e. The van der Waals surface area contributed by atoms with Gasteiger partial charge >= 0.3 is 6.03 Å². The summed E-state index contributed by atoms with van der Waals surface area (Å²) in [4.78, 5) is 14.1. The lowest BCUT2D eigenvalue weighted by molar-refractivity contribution is 0.190. The van der Waals surface area contributed by atoms with Gasteiger partial charge in [-0.1, -0.05) is 11.6 Å². The first-order valence-electron chi connectivity index (χ1n) is 6.70. The fraction of sp³-hybridized carbons (Fsp3) is 0.500. The number of rotatable bonds is 3. The molecular weight excluding hydrogens is 278 g/mol. The Morgan fingerprint density at radius 1 is 1.40 bits per heavy atom. The van der Waals surface area contributed by atoms with E-state index in [1.807, 2.05) is 11.9 Å². The highest BCUT2D eigenvalue weighted by molar-refractivity contribution is 6.31. The molecule has 0 aromatic heterocycles. The normalized spacial score (nSPS) is 16.1. The third kappa shape index (κ3) is 3.55. The molecule has 1 aromatic rings. The summed E-state index contributed by atoms with van der Waals surface area (Å²) in [5.74, 6) is 0.605. The SMILES string of the molecule is CNC1CCN(C(=O)Nc2cc(Cl)ccc2OC)CC1. The molecule has 110 valence electrons. The van der Waals surface area contributed by atoms with Crippen LogP contribution in [0.25, 0.3) is 0 Å². The van der Waals surface area contributed by atoms with Gasteiger partial charge < -0.3 is 20.3 Å². The molecule has 0 bridgehead atoms. The first kappa shape index (κ1) is 14.9. The number of piperidine rings is 1. The Labute approximate surface area is 124 Å². The average Bonchev–Trinajstić information content (AvgIpc) is 2.47. The molecule has 5 nitrogen and oxygen atoms in total. The summed E-state index contributed by atoms with van der Waals surface area (Å²) in [7, 11) is 3.52. The van der Waals surface area contributed by atoms with E-state index in [0.29, 0.717) is 22.5 Å². The summed E-state index contributed by atoms with van der Waals surface area (Å²) >= 11 is 5.95. The first-order valence-corrected chi connectivity index (χ1v) is 7.08. The van der Waals surface area contributed by atoms with E-state index in [2.05, 4.69) is 10.6 Å². The van der Waals surface area contributed by atoms with Gasteiger partial charge in [-0.15, -0.1) is 0 Å². The van der Waals surface area contributed by atoms with Crippen molar-refractivity contribution in [2.45, 2.75) is 18.9 Å². The molecule has 1 fully saturated rings. The highest BCUT2D eigenvalue weighted by Crippen LogP contribution is 2.28. The third-order valence-electron chi connectivity index (χ3n) is 3.59. The predicted molar refractivity (Wildman–Crippen MR) is 80.7 cm³/mol. The number of hydrogen-bond acceptors (Lipinski definition) is 3. The van der Waals surface area contributed by atoms with Crippen LogP contribution in [0.3, 0.4) is 0 Å². The molecule has 1 saturated heterocycles. The molecule has 1 aliphatic heterocycles. The van der Waals surface area contributed by atoms with Gasteiger partial charge in [0.2, 0.25) is 0 Å². The molecular formula is C14H20ClN3O2. The van der Waals surface area contributed by atoms with Crippen LogP contribution in [0, 0.1) is 0 Å². The topological polar surface area (TPSA) is 53.6 Å². The van der Waals surface area contributed by atoms with E-state index in [1.54, 1.807) is 25.3 Å². The maximum Gasteiger partial charge on any atom is 0.321 e. The molecule has 0 atom stereocenters. The minimum atomic E-state index is -0.111.